The van der Waals surface area contributed by atoms with Gasteiger partial charge in [-0.25, -0.2) is 0 Å². The summed E-state index contributed by atoms with van der Waals surface area (Å²) >= 11 is 0. The van der Waals surface area contributed by atoms with Crippen molar-refractivity contribution in [3.63, 3.8) is 0 Å². The van der Waals surface area contributed by atoms with Crippen molar-refractivity contribution < 1.29 is 13.6 Å². The molecule has 0 aliphatic carbocycles. The van der Waals surface area contributed by atoms with E-state index in [2.05, 4.69) is 0 Å². The molecule has 0 aliphatic heterocycles. The highest BCUT2D eigenvalue weighted by Gasteiger charge is 2.11. The number of ketones is 1. The Labute approximate surface area is 110 Å². The molecule has 0 aliphatic rings. The van der Waals surface area contributed by atoms with Crippen LogP contribution >= 0.6 is 0 Å². The molecule has 3 nitrogen and oxygen atoms in total. The van der Waals surface area contributed by atoms with Crippen LogP contribution in [-0.4, -0.2) is 5.78 Å². The molecule has 0 radical (unpaired) electrons. The van der Waals surface area contributed by atoms with E-state index in [4.69, 9.17) is 8.83 Å². The average molecular weight is 254 g/mol. The molecule has 0 saturated heterocycles. The van der Waals surface area contributed by atoms with Gasteiger partial charge in [-0.2, -0.15) is 0 Å². The van der Waals surface area contributed by atoms with Gasteiger partial charge in [-0.1, -0.05) is 19.1 Å². The molecule has 19 heavy (non-hydrogen) atoms. The van der Waals surface area contributed by atoms with Crippen LogP contribution in [0.25, 0.3) is 22.1 Å². The summed E-state index contributed by atoms with van der Waals surface area (Å²) in [6.07, 6.45) is 4.63. The molecule has 0 spiro atoms. The van der Waals surface area contributed by atoms with Gasteiger partial charge >= 0.3 is 0 Å². The van der Waals surface area contributed by atoms with Crippen molar-refractivity contribution in [1.82, 2.24) is 0 Å². The van der Waals surface area contributed by atoms with Crippen molar-refractivity contribution in [3.05, 3.63) is 48.6 Å². The predicted octanol–water partition coefficient (Wildman–Crippen LogP) is 4.68. The summed E-state index contributed by atoms with van der Waals surface area (Å²) in [5.41, 5.74) is 2.72. The third-order valence-electron chi connectivity index (χ3n) is 3.14. The largest absolute Gasteiger partial charge is 0.464 e. The summed E-state index contributed by atoms with van der Waals surface area (Å²) in [7, 11) is 0. The lowest BCUT2D eigenvalue weighted by atomic mass is 10.1. The summed E-state index contributed by atoms with van der Waals surface area (Å²) in [4.78, 5) is 11.7. The van der Waals surface area contributed by atoms with Crippen LogP contribution in [0.4, 0.5) is 0 Å². The molecule has 96 valence electrons. The van der Waals surface area contributed by atoms with Crippen LogP contribution in [0.1, 0.15) is 30.3 Å². The topological polar surface area (TPSA) is 43.4 Å². The van der Waals surface area contributed by atoms with Gasteiger partial charge in [-0.3, -0.25) is 4.79 Å². The Morgan fingerprint density at radius 3 is 2.84 bits per heavy atom. The lowest BCUT2D eigenvalue weighted by molar-refractivity contribution is 0.0955. The van der Waals surface area contributed by atoms with Gasteiger partial charge in [0, 0.05) is 17.4 Å². The van der Waals surface area contributed by atoms with Crippen molar-refractivity contribution in [1.29, 1.82) is 0 Å². The first-order valence-corrected chi connectivity index (χ1v) is 6.37. The molecular formula is C16H14O3. The van der Waals surface area contributed by atoms with Crippen LogP contribution in [0.5, 0.6) is 0 Å². The van der Waals surface area contributed by atoms with Gasteiger partial charge in [0.05, 0.1) is 12.5 Å². The van der Waals surface area contributed by atoms with E-state index in [1.807, 2.05) is 31.2 Å². The molecule has 0 saturated carbocycles. The third-order valence-corrected chi connectivity index (χ3v) is 3.14. The lowest BCUT2D eigenvalue weighted by Gasteiger charge is -1.96. The van der Waals surface area contributed by atoms with E-state index in [0.29, 0.717) is 12.2 Å². The van der Waals surface area contributed by atoms with E-state index in [0.717, 1.165) is 28.5 Å². The number of carbonyl (C=O) groups is 1. The van der Waals surface area contributed by atoms with Crippen molar-refractivity contribution in [2.24, 2.45) is 0 Å². The normalized spacial score (nSPS) is 11.0. The Kier molecular flexibility index (Phi) is 2.95. The summed E-state index contributed by atoms with van der Waals surface area (Å²) in [5.74, 6) is 0.476. The van der Waals surface area contributed by atoms with E-state index in [1.165, 1.54) is 0 Å². The number of carbonyl (C=O) groups excluding carboxylic acids is 1. The number of hydrogen-bond acceptors (Lipinski definition) is 3. The zero-order valence-electron chi connectivity index (χ0n) is 10.7. The zero-order chi connectivity index (χ0) is 13.2. The quantitative estimate of drug-likeness (QED) is 0.635. The Morgan fingerprint density at radius 2 is 2.00 bits per heavy atom. The molecule has 2 aromatic heterocycles. The van der Waals surface area contributed by atoms with E-state index in [9.17, 15) is 4.79 Å². The van der Waals surface area contributed by atoms with Gasteiger partial charge in [0.2, 0.25) is 0 Å². The number of Topliss-reactive ketones (excluding diaryl/α,β-unsaturated/α-hetero) is 1. The Balaban J connectivity index is 1.95. The Morgan fingerprint density at radius 1 is 1.11 bits per heavy atom. The minimum Gasteiger partial charge on any atom is -0.464 e. The Hall–Kier alpha value is -2.29. The fraction of sp³-hybridized carbons (Fsp3) is 0.188. The minimum absolute atomic E-state index is 0.0489. The minimum atomic E-state index is 0.0489. The second kappa shape index (κ2) is 4.76. The first-order chi connectivity index (χ1) is 9.28. The molecule has 2 heterocycles. The molecule has 0 unspecified atom stereocenters. The maximum Gasteiger partial charge on any atom is 0.197 e. The second-order valence-electron chi connectivity index (χ2n) is 4.55. The van der Waals surface area contributed by atoms with Crippen LogP contribution < -0.4 is 0 Å². The number of benzene rings is 1. The second-order valence-corrected chi connectivity index (χ2v) is 4.55. The van der Waals surface area contributed by atoms with Crippen LogP contribution in [0.3, 0.4) is 0 Å². The fourth-order valence-electron chi connectivity index (χ4n) is 2.12. The monoisotopic (exact) mass is 254 g/mol. The molecular weight excluding hydrogens is 240 g/mol. The van der Waals surface area contributed by atoms with E-state index in [-0.39, 0.29) is 5.78 Å². The maximum absolute atomic E-state index is 11.7. The molecule has 1 aromatic carbocycles. The first kappa shape index (κ1) is 11.8. The summed E-state index contributed by atoms with van der Waals surface area (Å²) in [5, 5.41) is 1.06. The van der Waals surface area contributed by atoms with Gasteiger partial charge in [0.15, 0.2) is 11.5 Å². The number of rotatable bonds is 4. The third kappa shape index (κ3) is 2.19. The molecule has 3 heteroatoms. The number of fused-ring (bicyclic) bond motifs is 1. The maximum atomic E-state index is 11.7. The molecule has 0 N–H and O–H groups in total. The first-order valence-electron chi connectivity index (χ1n) is 6.37. The van der Waals surface area contributed by atoms with Crippen LogP contribution in [0.2, 0.25) is 0 Å². The average Bonchev–Trinajstić information content (AvgIpc) is 3.07. The SMILES string of the molecule is CCCC(=O)c1cc(-c2ccc3ccoc3c2)co1. The smallest absolute Gasteiger partial charge is 0.197 e. The van der Waals surface area contributed by atoms with Gasteiger partial charge in [-0.15, -0.1) is 0 Å². The van der Waals surface area contributed by atoms with Gasteiger partial charge < -0.3 is 8.83 Å². The fourth-order valence-corrected chi connectivity index (χ4v) is 2.12. The van der Waals surface area contributed by atoms with Crippen molar-refractivity contribution in [2.75, 3.05) is 0 Å². The predicted molar refractivity (Wildman–Crippen MR) is 73.2 cm³/mol. The molecule has 3 aromatic rings. The van der Waals surface area contributed by atoms with Crippen molar-refractivity contribution in [3.8, 4) is 11.1 Å². The van der Waals surface area contributed by atoms with E-state index in [1.54, 1.807) is 18.6 Å². The molecule has 0 bridgehead atoms. The molecule has 0 fully saturated rings. The van der Waals surface area contributed by atoms with Crippen molar-refractivity contribution in [2.45, 2.75) is 19.8 Å². The summed E-state index contributed by atoms with van der Waals surface area (Å²) < 4.78 is 10.7. The zero-order valence-corrected chi connectivity index (χ0v) is 10.7. The highest BCUT2D eigenvalue weighted by atomic mass is 16.3. The van der Waals surface area contributed by atoms with Crippen LogP contribution in [0.15, 0.2) is 51.7 Å². The van der Waals surface area contributed by atoms with Crippen molar-refractivity contribution >= 4 is 16.8 Å². The summed E-state index contributed by atoms with van der Waals surface area (Å²) in [6, 6.07) is 9.66. The lowest BCUT2D eigenvalue weighted by Crippen LogP contribution is -1.94. The molecule has 3 rings (SSSR count). The summed E-state index contributed by atoms with van der Waals surface area (Å²) in [6.45, 7) is 1.98. The van der Waals surface area contributed by atoms with Gasteiger partial charge in [0.25, 0.3) is 0 Å². The van der Waals surface area contributed by atoms with E-state index >= 15 is 0 Å². The standard InChI is InChI=1S/C16H14O3/c1-2-3-14(17)16-9-13(10-19-16)12-5-4-11-6-7-18-15(11)8-12/h4-10H,2-3H2,1H3. The van der Waals surface area contributed by atoms with E-state index < -0.39 is 0 Å². The van der Waals surface area contributed by atoms with Crippen LogP contribution in [-0.2, 0) is 0 Å². The molecule has 0 atom stereocenters. The highest BCUT2D eigenvalue weighted by molar-refractivity contribution is 5.95. The van der Waals surface area contributed by atoms with Gasteiger partial charge in [0.1, 0.15) is 5.58 Å². The van der Waals surface area contributed by atoms with Gasteiger partial charge in [-0.05, 0) is 30.2 Å². The highest BCUT2D eigenvalue weighted by Crippen LogP contribution is 2.27. The Bertz CT molecular complexity index is 718. The number of hydrogen-bond donors (Lipinski definition) is 0. The number of furan rings is 2. The van der Waals surface area contributed by atoms with Crippen LogP contribution in [0, 0.1) is 0 Å². The molecule has 0 amide bonds.